The fourth-order valence-electron chi connectivity index (χ4n) is 0. The Hall–Kier alpha value is 2.12. The molecule has 3 radical (unpaired) electrons. The molecular formula is CoCuInS. The number of rotatable bonds is 0. The average molecular weight is 269 g/mol. The number of hydrogen-bond donors (Lipinski definition) is 0. The van der Waals surface area contributed by atoms with Gasteiger partial charge in [0.1, 0.15) is 0 Å². The first kappa shape index (κ1) is 16.5. The quantitative estimate of drug-likeness (QED) is 0.569. The van der Waals surface area contributed by atoms with Gasteiger partial charge in [0.15, 0.2) is 0 Å². The van der Waals surface area contributed by atoms with Gasteiger partial charge in [0.05, 0.1) is 0 Å². The van der Waals surface area contributed by atoms with Gasteiger partial charge in [0.2, 0.25) is 0 Å². The minimum atomic E-state index is 0. The van der Waals surface area contributed by atoms with Crippen LogP contribution in [0.25, 0.3) is 0 Å². The molecule has 0 aromatic rings. The van der Waals surface area contributed by atoms with E-state index in [0.717, 1.165) is 22.4 Å². The first-order valence-corrected chi connectivity index (χ1v) is 4.74. The van der Waals surface area contributed by atoms with Gasteiger partial charge in [0, 0.05) is 33.8 Å². The van der Waals surface area contributed by atoms with E-state index in [-0.39, 0.29) is 33.8 Å². The Morgan fingerprint density at radius 1 is 1.25 bits per heavy atom. The van der Waals surface area contributed by atoms with Crippen molar-refractivity contribution in [3.8, 4) is 0 Å². The minimum absolute atomic E-state index is 0. The van der Waals surface area contributed by atoms with Crippen molar-refractivity contribution in [3.05, 3.63) is 0 Å². The van der Waals surface area contributed by atoms with Gasteiger partial charge in [-0.1, -0.05) is 0 Å². The summed E-state index contributed by atoms with van der Waals surface area (Å²) < 4.78 is 0. The zero-order valence-electron chi connectivity index (χ0n) is 1.62. The van der Waals surface area contributed by atoms with Gasteiger partial charge in [-0.3, -0.25) is 0 Å². The standard InChI is InChI=1S/Co.Cu.In.S. The molecule has 0 aromatic heterocycles. The van der Waals surface area contributed by atoms with Crippen LogP contribution in [-0.2, 0) is 33.8 Å². The van der Waals surface area contributed by atoms with Crippen molar-refractivity contribution in [3.63, 3.8) is 0 Å². The van der Waals surface area contributed by atoms with Crippen LogP contribution in [-0.4, -0.2) is 22.4 Å². The van der Waals surface area contributed by atoms with Crippen molar-refractivity contribution in [2.24, 2.45) is 0 Å². The maximum absolute atomic E-state index is 4.21. The van der Waals surface area contributed by atoms with Crippen molar-refractivity contribution in [2.45, 2.75) is 0 Å². The van der Waals surface area contributed by atoms with Crippen LogP contribution < -0.4 is 0 Å². The average Bonchev–Trinajstić information content (AvgIpc) is 1.00. The summed E-state index contributed by atoms with van der Waals surface area (Å²) in [4.78, 5) is 0. The first-order valence-electron chi connectivity index (χ1n) is 0.236. The third-order valence-electron chi connectivity index (χ3n) is 0. The molecule has 0 rings (SSSR count). The van der Waals surface area contributed by atoms with Crippen LogP contribution in [0.2, 0.25) is 0 Å². The molecule has 0 N–H and O–H groups in total. The molecule has 0 nitrogen and oxygen atoms in total. The molecule has 0 fully saturated rings. The fraction of sp³-hybridized carbons (Fsp3) is 0. The molecule has 0 heterocycles. The van der Waals surface area contributed by atoms with E-state index in [1.54, 1.807) is 0 Å². The van der Waals surface area contributed by atoms with Gasteiger partial charge in [-0.05, 0) is 0 Å². The second kappa shape index (κ2) is 19.4. The third-order valence-corrected chi connectivity index (χ3v) is 0. The van der Waals surface area contributed by atoms with E-state index in [2.05, 4.69) is 8.92 Å². The van der Waals surface area contributed by atoms with Crippen LogP contribution >= 0.6 is 8.92 Å². The predicted octanol–water partition coefficient (Wildman–Crippen LogP) is 0.262. The Kier molecular flexibility index (Phi) is 79.8. The van der Waals surface area contributed by atoms with Gasteiger partial charge in [-0.15, -0.1) is 0 Å². The van der Waals surface area contributed by atoms with E-state index < -0.39 is 0 Å². The normalized spacial score (nSPS) is 0.750. The van der Waals surface area contributed by atoms with Gasteiger partial charge < -0.3 is 0 Å². The van der Waals surface area contributed by atoms with Crippen LogP contribution in [0.15, 0.2) is 0 Å². The Labute approximate surface area is 64.3 Å². The van der Waals surface area contributed by atoms with Crippen molar-refractivity contribution < 1.29 is 33.8 Å². The molecular weight excluding hydrogens is 269 g/mol. The van der Waals surface area contributed by atoms with Crippen molar-refractivity contribution in [2.75, 3.05) is 0 Å². The molecule has 0 aliphatic rings. The molecule has 0 amide bonds. The molecule has 0 aliphatic carbocycles. The summed E-state index contributed by atoms with van der Waals surface area (Å²) in [5.41, 5.74) is 0. The Bertz CT molecular complexity index is 8.00. The zero-order chi connectivity index (χ0) is 2.00. The molecule has 4 heteroatoms. The predicted molar refractivity (Wildman–Crippen MR) is 13.3 cm³/mol. The molecule has 0 unspecified atom stereocenters. The van der Waals surface area contributed by atoms with Crippen LogP contribution in [0.1, 0.15) is 0 Å². The summed E-state index contributed by atoms with van der Waals surface area (Å²) in [6.07, 6.45) is 0. The van der Waals surface area contributed by atoms with Crippen LogP contribution in [0.4, 0.5) is 0 Å². The van der Waals surface area contributed by atoms with Gasteiger partial charge in [-0.25, -0.2) is 0 Å². The fourth-order valence-corrected chi connectivity index (χ4v) is 0. The van der Waals surface area contributed by atoms with Crippen molar-refractivity contribution in [1.29, 1.82) is 0 Å². The van der Waals surface area contributed by atoms with Gasteiger partial charge in [0.25, 0.3) is 0 Å². The van der Waals surface area contributed by atoms with E-state index in [1.807, 2.05) is 0 Å². The summed E-state index contributed by atoms with van der Waals surface area (Å²) in [5, 5.41) is 0. The van der Waals surface area contributed by atoms with E-state index in [9.17, 15) is 0 Å². The molecule has 0 aromatic carbocycles. The first-order chi connectivity index (χ1) is 1.00. The van der Waals surface area contributed by atoms with Crippen LogP contribution in [0, 0.1) is 0 Å². The molecule has 0 saturated heterocycles. The number of hydrogen-bond acceptors (Lipinski definition) is 1. The second-order valence-electron chi connectivity index (χ2n) is 0. The molecule has 0 saturated carbocycles. The molecule has 0 aliphatic heterocycles. The van der Waals surface area contributed by atoms with Gasteiger partial charge >= 0.3 is 31.3 Å². The Morgan fingerprint density at radius 3 is 1.25 bits per heavy atom. The molecule has 0 spiro atoms. The third kappa shape index (κ3) is 8.93. The van der Waals surface area contributed by atoms with Gasteiger partial charge in [-0.2, -0.15) is 0 Å². The monoisotopic (exact) mass is 269 g/mol. The zero-order valence-corrected chi connectivity index (χ0v) is 7.72. The van der Waals surface area contributed by atoms with E-state index in [0.29, 0.717) is 0 Å². The molecule has 4 heavy (non-hydrogen) atoms. The van der Waals surface area contributed by atoms with Crippen LogP contribution in [0.5, 0.6) is 0 Å². The maximum atomic E-state index is 4.21. The van der Waals surface area contributed by atoms with E-state index >= 15 is 0 Å². The Balaban J connectivity index is -0.00000000500. The molecule has 0 bridgehead atoms. The summed E-state index contributed by atoms with van der Waals surface area (Å²) in [6, 6.07) is 0. The topological polar surface area (TPSA) is 0 Å². The second-order valence-corrected chi connectivity index (χ2v) is 0. The summed E-state index contributed by atoms with van der Waals surface area (Å²) in [7, 11) is 4.21. The Morgan fingerprint density at radius 2 is 1.25 bits per heavy atom. The summed E-state index contributed by atoms with van der Waals surface area (Å²) in [5.74, 6) is 0. The molecule has 0 atom stereocenters. The summed E-state index contributed by atoms with van der Waals surface area (Å²) in [6.45, 7) is 0. The SMILES string of the molecule is [Co].[Cu].[S]=[In]. The van der Waals surface area contributed by atoms with E-state index in [4.69, 9.17) is 0 Å². The van der Waals surface area contributed by atoms with E-state index in [1.165, 1.54) is 0 Å². The van der Waals surface area contributed by atoms with Crippen LogP contribution in [0.3, 0.4) is 0 Å². The van der Waals surface area contributed by atoms with Crippen molar-refractivity contribution in [1.82, 2.24) is 0 Å². The molecule has 29 valence electrons. The van der Waals surface area contributed by atoms with Crippen molar-refractivity contribution >= 4 is 31.3 Å². The summed E-state index contributed by atoms with van der Waals surface area (Å²) >= 11 is 0.933.